The highest BCUT2D eigenvalue weighted by molar-refractivity contribution is 9.10. The first-order valence-electron chi connectivity index (χ1n) is 5.32. The molecule has 1 saturated heterocycles. The molecule has 1 heterocycles. The van der Waals surface area contributed by atoms with E-state index in [1.54, 1.807) is 0 Å². The third kappa shape index (κ3) is 2.74. The fraction of sp³-hybridized carbons (Fsp3) is 0.500. The van der Waals surface area contributed by atoms with E-state index < -0.39 is 0 Å². The molecule has 1 atom stereocenters. The normalized spacial score (nSPS) is 20.9. The Morgan fingerprint density at radius 1 is 1.53 bits per heavy atom. The van der Waals surface area contributed by atoms with Crippen molar-refractivity contribution in [1.29, 1.82) is 0 Å². The monoisotopic (exact) mass is 287 g/mol. The summed E-state index contributed by atoms with van der Waals surface area (Å²) in [6.07, 6.45) is 2.42. The molecule has 1 aromatic carbocycles. The SMILES string of the molecule is Cc1c(Cl)cc(Br)cc1CC1CCNC1. The minimum Gasteiger partial charge on any atom is -0.316 e. The molecule has 1 fully saturated rings. The standard InChI is InChI=1S/C12H15BrClN/c1-8-10(4-9-2-3-15-7-9)5-11(13)6-12(8)14/h5-6,9,15H,2-4,7H2,1H3. The third-order valence-electron chi connectivity index (χ3n) is 3.09. The third-order valence-corrected chi connectivity index (χ3v) is 3.94. The molecule has 15 heavy (non-hydrogen) atoms. The van der Waals surface area contributed by atoms with Crippen LogP contribution in [-0.4, -0.2) is 13.1 Å². The van der Waals surface area contributed by atoms with E-state index in [0.29, 0.717) is 0 Å². The van der Waals surface area contributed by atoms with Gasteiger partial charge in [0.05, 0.1) is 0 Å². The van der Waals surface area contributed by atoms with Gasteiger partial charge in [0.25, 0.3) is 0 Å². The van der Waals surface area contributed by atoms with E-state index in [-0.39, 0.29) is 0 Å². The van der Waals surface area contributed by atoms with Gasteiger partial charge >= 0.3 is 0 Å². The Hall–Kier alpha value is -0.0500. The van der Waals surface area contributed by atoms with Crippen molar-refractivity contribution < 1.29 is 0 Å². The molecule has 0 amide bonds. The topological polar surface area (TPSA) is 12.0 Å². The van der Waals surface area contributed by atoms with E-state index in [2.05, 4.69) is 34.2 Å². The predicted octanol–water partition coefficient (Wildman–Crippen LogP) is 3.56. The summed E-state index contributed by atoms with van der Waals surface area (Å²) in [5.41, 5.74) is 2.61. The molecule has 0 saturated carbocycles. The smallest absolute Gasteiger partial charge is 0.0449 e. The number of nitrogens with one attached hydrogen (secondary N) is 1. The van der Waals surface area contributed by atoms with Gasteiger partial charge in [0.1, 0.15) is 0 Å². The lowest BCUT2D eigenvalue weighted by Crippen LogP contribution is -2.11. The van der Waals surface area contributed by atoms with Gasteiger partial charge < -0.3 is 5.32 Å². The maximum Gasteiger partial charge on any atom is 0.0449 e. The van der Waals surface area contributed by atoms with Gasteiger partial charge in [-0.15, -0.1) is 0 Å². The minimum absolute atomic E-state index is 0.772. The van der Waals surface area contributed by atoms with Crippen molar-refractivity contribution in [3.8, 4) is 0 Å². The van der Waals surface area contributed by atoms with Crippen molar-refractivity contribution in [1.82, 2.24) is 5.32 Å². The summed E-state index contributed by atoms with van der Waals surface area (Å²) >= 11 is 9.66. The van der Waals surface area contributed by atoms with Crippen LogP contribution in [-0.2, 0) is 6.42 Å². The van der Waals surface area contributed by atoms with Gasteiger partial charge in [-0.3, -0.25) is 0 Å². The number of hydrogen-bond acceptors (Lipinski definition) is 1. The van der Waals surface area contributed by atoms with E-state index in [1.165, 1.54) is 17.5 Å². The van der Waals surface area contributed by atoms with E-state index in [1.807, 2.05) is 6.07 Å². The molecule has 82 valence electrons. The maximum absolute atomic E-state index is 6.16. The van der Waals surface area contributed by atoms with Crippen molar-refractivity contribution in [2.75, 3.05) is 13.1 Å². The van der Waals surface area contributed by atoms with Crippen LogP contribution < -0.4 is 5.32 Å². The molecule has 1 aliphatic rings. The Morgan fingerprint density at radius 2 is 2.33 bits per heavy atom. The first kappa shape index (κ1) is 11.4. The first-order chi connectivity index (χ1) is 7.16. The molecule has 0 bridgehead atoms. The van der Waals surface area contributed by atoms with Gasteiger partial charge in [0.2, 0.25) is 0 Å². The van der Waals surface area contributed by atoms with Crippen molar-refractivity contribution >= 4 is 27.5 Å². The highest BCUT2D eigenvalue weighted by atomic mass is 79.9. The van der Waals surface area contributed by atoms with Gasteiger partial charge in [0, 0.05) is 9.50 Å². The Morgan fingerprint density at radius 3 is 3.00 bits per heavy atom. The Balaban J connectivity index is 2.19. The zero-order valence-corrected chi connectivity index (χ0v) is 11.2. The second-order valence-corrected chi connectivity index (χ2v) is 5.56. The highest BCUT2D eigenvalue weighted by Crippen LogP contribution is 2.27. The molecule has 1 N–H and O–H groups in total. The molecule has 0 aromatic heterocycles. The summed E-state index contributed by atoms with van der Waals surface area (Å²) < 4.78 is 1.08. The van der Waals surface area contributed by atoms with E-state index in [4.69, 9.17) is 11.6 Å². The average molecular weight is 289 g/mol. The lowest BCUT2D eigenvalue weighted by Gasteiger charge is -2.12. The molecule has 1 aliphatic heterocycles. The maximum atomic E-state index is 6.16. The first-order valence-corrected chi connectivity index (χ1v) is 6.49. The van der Waals surface area contributed by atoms with Gasteiger partial charge in [0.15, 0.2) is 0 Å². The Labute approximate surface area is 104 Å². The van der Waals surface area contributed by atoms with Gasteiger partial charge in [-0.1, -0.05) is 27.5 Å². The van der Waals surface area contributed by atoms with Crippen LogP contribution in [0, 0.1) is 12.8 Å². The van der Waals surface area contributed by atoms with Crippen LogP contribution in [0.25, 0.3) is 0 Å². The van der Waals surface area contributed by atoms with Crippen molar-refractivity contribution in [2.24, 2.45) is 5.92 Å². The largest absolute Gasteiger partial charge is 0.316 e. The molecule has 2 rings (SSSR count). The number of hydrogen-bond donors (Lipinski definition) is 1. The molecule has 1 aromatic rings. The van der Waals surface area contributed by atoms with E-state index in [0.717, 1.165) is 34.9 Å². The van der Waals surface area contributed by atoms with E-state index in [9.17, 15) is 0 Å². The van der Waals surface area contributed by atoms with Crippen LogP contribution in [0.2, 0.25) is 5.02 Å². The quantitative estimate of drug-likeness (QED) is 0.877. The summed E-state index contributed by atoms with van der Waals surface area (Å²) in [7, 11) is 0. The summed E-state index contributed by atoms with van der Waals surface area (Å²) in [5, 5.41) is 4.26. The molecule has 3 heteroatoms. The van der Waals surface area contributed by atoms with Crippen molar-refractivity contribution in [3.05, 3.63) is 32.8 Å². The van der Waals surface area contributed by atoms with Crippen LogP contribution in [0.3, 0.4) is 0 Å². The Kier molecular flexibility index (Phi) is 3.70. The van der Waals surface area contributed by atoms with E-state index >= 15 is 0 Å². The molecule has 0 aliphatic carbocycles. The predicted molar refractivity (Wildman–Crippen MR) is 68.6 cm³/mol. The minimum atomic E-state index is 0.772. The van der Waals surface area contributed by atoms with Gasteiger partial charge in [-0.2, -0.15) is 0 Å². The van der Waals surface area contributed by atoms with Crippen LogP contribution in [0.1, 0.15) is 17.5 Å². The van der Waals surface area contributed by atoms with Crippen molar-refractivity contribution in [2.45, 2.75) is 19.8 Å². The molecule has 0 spiro atoms. The van der Waals surface area contributed by atoms with Gasteiger partial charge in [-0.25, -0.2) is 0 Å². The van der Waals surface area contributed by atoms with Crippen LogP contribution in [0.4, 0.5) is 0 Å². The summed E-state index contributed by atoms with van der Waals surface area (Å²) in [4.78, 5) is 0. The summed E-state index contributed by atoms with van der Waals surface area (Å²) in [6, 6.07) is 4.16. The number of halogens is 2. The number of rotatable bonds is 2. The zero-order chi connectivity index (χ0) is 10.8. The van der Waals surface area contributed by atoms with Crippen LogP contribution >= 0.6 is 27.5 Å². The lowest BCUT2D eigenvalue weighted by molar-refractivity contribution is 0.578. The molecule has 1 unspecified atom stereocenters. The lowest BCUT2D eigenvalue weighted by atomic mass is 9.95. The van der Waals surface area contributed by atoms with Crippen LogP contribution in [0.5, 0.6) is 0 Å². The molecular weight excluding hydrogens is 273 g/mol. The summed E-state index contributed by atoms with van der Waals surface area (Å²) in [6.45, 7) is 4.40. The molecular formula is C12H15BrClN. The second kappa shape index (κ2) is 4.86. The molecule has 0 radical (unpaired) electrons. The number of benzene rings is 1. The van der Waals surface area contributed by atoms with Crippen LogP contribution in [0.15, 0.2) is 16.6 Å². The van der Waals surface area contributed by atoms with Gasteiger partial charge in [-0.05, 0) is 62.0 Å². The summed E-state index contributed by atoms with van der Waals surface area (Å²) in [5.74, 6) is 0.772. The highest BCUT2D eigenvalue weighted by Gasteiger charge is 2.16. The molecule has 1 nitrogen and oxygen atoms in total. The van der Waals surface area contributed by atoms with Crippen molar-refractivity contribution in [3.63, 3.8) is 0 Å². The average Bonchev–Trinajstić information content (AvgIpc) is 2.66. The Bertz CT molecular complexity index is 359. The fourth-order valence-electron chi connectivity index (χ4n) is 2.11. The second-order valence-electron chi connectivity index (χ2n) is 4.23. The zero-order valence-electron chi connectivity index (χ0n) is 8.82. The fourth-order valence-corrected chi connectivity index (χ4v) is 2.99.